The van der Waals surface area contributed by atoms with E-state index < -0.39 is 18.2 Å². The highest BCUT2D eigenvalue weighted by Gasteiger charge is 2.34. The number of anilines is 1. The van der Waals surface area contributed by atoms with Crippen molar-refractivity contribution in [3.05, 3.63) is 63.7 Å². The third-order valence-electron chi connectivity index (χ3n) is 4.73. The van der Waals surface area contributed by atoms with E-state index in [0.29, 0.717) is 10.7 Å². The maximum Gasteiger partial charge on any atom is 0.308 e. The third kappa shape index (κ3) is 4.15. The highest BCUT2D eigenvalue weighted by atomic mass is 35.5. The average molecular weight is 388 g/mol. The molecule has 0 bridgehead atoms. The molecule has 0 spiro atoms. The molecule has 1 amide bonds. The predicted octanol–water partition coefficient (Wildman–Crippen LogP) is 4.34. The molecule has 6 heteroatoms. The number of rotatable bonds is 4. The van der Waals surface area contributed by atoms with Gasteiger partial charge in [-0.25, -0.2) is 0 Å². The Bertz CT molecular complexity index is 880. The molecule has 0 aliphatic carbocycles. The number of ether oxygens (including phenoxy) is 2. The fourth-order valence-corrected chi connectivity index (χ4v) is 3.37. The largest absolute Gasteiger partial charge is 0.466 e. The van der Waals surface area contributed by atoms with Gasteiger partial charge in [0.1, 0.15) is 12.2 Å². The summed E-state index contributed by atoms with van der Waals surface area (Å²) in [6.45, 7) is 6.01. The van der Waals surface area contributed by atoms with Gasteiger partial charge in [0.15, 0.2) is 0 Å². The van der Waals surface area contributed by atoms with Crippen LogP contribution in [0.1, 0.15) is 41.7 Å². The van der Waals surface area contributed by atoms with Gasteiger partial charge >= 0.3 is 5.97 Å². The van der Waals surface area contributed by atoms with Crippen molar-refractivity contribution in [2.75, 3.05) is 11.9 Å². The number of hydrogen-bond acceptors (Lipinski definition) is 4. The van der Waals surface area contributed by atoms with Crippen LogP contribution in [-0.4, -0.2) is 24.6 Å². The van der Waals surface area contributed by atoms with E-state index in [1.165, 1.54) is 0 Å². The number of nitrogens with one attached hydrogen (secondary N) is 1. The standard InChI is InChI=1S/C21H22ClNO4/c1-4-26-19(24)11-18-21(25)23-17-9-8-14(22)10-16(17)20(27-18)15-7-5-6-12(2)13(15)3/h5-10,18,20H,4,11H2,1-3H3,(H,23,25)/t18-,20-/m1/s1. The Morgan fingerprint density at radius 3 is 2.74 bits per heavy atom. The number of fused-ring (bicyclic) bond motifs is 1. The zero-order valence-corrected chi connectivity index (χ0v) is 16.3. The Kier molecular flexibility index (Phi) is 5.82. The highest BCUT2D eigenvalue weighted by Crippen LogP contribution is 2.39. The molecule has 2 atom stereocenters. The lowest BCUT2D eigenvalue weighted by molar-refractivity contribution is -0.150. The van der Waals surface area contributed by atoms with E-state index in [9.17, 15) is 9.59 Å². The molecule has 5 nitrogen and oxygen atoms in total. The second-order valence-corrected chi connectivity index (χ2v) is 6.96. The summed E-state index contributed by atoms with van der Waals surface area (Å²) in [5, 5.41) is 3.40. The first-order valence-electron chi connectivity index (χ1n) is 8.88. The number of amides is 1. The number of carbonyl (C=O) groups excluding carboxylic acids is 2. The molecule has 27 heavy (non-hydrogen) atoms. The molecule has 0 unspecified atom stereocenters. The smallest absolute Gasteiger partial charge is 0.308 e. The molecule has 0 saturated heterocycles. The van der Waals surface area contributed by atoms with Gasteiger partial charge in [0.05, 0.1) is 13.0 Å². The SMILES string of the molecule is CCOC(=O)C[C@H]1O[C@H](c2cccc(C)c2C)c2cc(Cl)ccc2NC1=O. The molecular weight excluding hydrogens is 366 g/mol. The third-order valence-corrected chi connectivity index (χ3v) is 4.97. The summed E-state index contributed by atoms with van der Waals surface area (Å²) in [6, 6.07) is 11.2. The van der Waals surface area contributed by atoms with Crippen molar-refractivity contribution in [1.29, 1.82) is 0 Å². The first kappa shape index (κ1) is 19.4. The van der Waals surface area contributed by atoms with Gasteiger partial charge < -0.3 is 14.8 Å². The zero-order chi connectivity index (χ0) is 19.6. The Balaban J connectivity index is 2.07. The van der Waals surface area contributed by atoms with Crippen LogP contribution in [0.25, 0.3) is 0 Å². The van der Waals surface area contributed by atoms with E-state index >= 15 is 0 Å². The minimum Gasteiger partial charge on any atom is -0.466 e. The predicted molar refractivity (Wildman–Crippen MR) is 104 cm³/mol. The van der Waals surface area contributed by atoms with Gasteiger partial charge in [-0.05, 0) is 55.7 Å². The summed E-state index contributed by atoms with van der Waals surface area (Å²) in [6.07, 6.45) is -1.64. The topological polar surface area (TPSA) is 64.6 Å². The van der Waals surface area contributed by atoms with Crippen molar-refractivity contribution in [2.24, 2.45) is 0 Å². The molecule has 1 aliphatic heterocycles. The van der Waals surface area contributed by atoms with Gasteiger partial charge in [0.25, 0.3) is 5.91 Å². The molecule has 1 N–H and O–H groups in total. The maximum atomic E-state index is 12.7. The number of aryl methyl sites for hydroxylation is 1. The quantitative estimate of drug-likeness (QED) is 0.793. The van der Waals surface area contributed by atoms with Crippen LogP contribution in [0.4, 0.5) is 5.69 Å². The van der Waals surface area contributed by atoms with Crippen LogP contribution < -0.4 is 5.32 Å². The van der Waals surface area contributed by atoms with Gasteiger partial charge in [-0.2, -0.15) is 0 Å². The lowest BCUT2D eigenvalue weighted by Crippen LogP contribution is -2.32. The average Bonchev–Trinajstić information content (AvgIpc) is 2.75. The lowest BCUT2D eigenvalue weighted by atomic mass is 9.93. The summed E-state index contributed by atoms with van der Waals surface area (Å²) in [7, 11) is 0. The van der Waals surface area contributed by atoms with E-state index in [1.54, 1.807) is 25.1 Å². The summed E-state index contributed by atoms with van der Waals surface area (Å²) < 4.78 is 11.2. The van der Waals surface area contributed by atoms with Crippen LogP contribution in [0.15, 0.2) is 36.4 Å². The van der Waals surface area contributed by atoms with Gasteiger partial charge in [0.2, 0.25) is 0 Å². The maximum absolute atomic E-state index is 12.7. The van der Waals surface area contributed by atoms with Crippen molar-refractivity contribution < 1.29 is 19.1 Å². The molecule has 3 rings (SSSR count). The Morgan fingerprint density at radius 1 is 1.22 bits per heavy atom. The van der Waals surface area contributed by atoms with Crippen molar-refractivity contribution in [3.8, 4) is 0 Å². The first-order valence-corrected chi connectivity index (χ1v) is 9.26. The second-order valence-electron chi connectivity index (χ2n) is 6.52. The van der Waals surface area contributed by atoms with Crippen LogP contribution >= 0.6 is 11.6 Å². The van der Waals surface area contributed by atoms with Crippen LogP contribution in [0.3, 0.4) is 0 Å². The molecule has 0 saturated carbocycles. The number of hydrogen-bond donors (Lipinski definition) is 1. The number of halogens is 1. The summed E-state index contributed by atoms with van der Waals surface area (Å²) >= 11 is 6.21. The summed E-state index contributed by atoms with van der Waals surface area (Å²) in [5.74, 6) is -0.846. The fourth-order valence-electron chi connectivity index (χ4n) is 3.19. The Labute approximate surface area is 163 Å². The Hall–Kier alpha value is -2.37. The second kappa shape index (κ2) is 8.11. The normalized spacial score (nSPS) is 19.0. The van der Waals surface area contributed by atoms with E-state index in [1.807, 2.05) is 32.0 Å². The molecule has 0 aromatic heterocycles. The van der Waals surface area contributed by atoms with E-state index in [2.05, 4.69) is 5.32 Å². The molecule has 0 fully saturated rings. The van der Waals surface area contributed by atoms with Crippen LogP contribution in [-0.2, 0) is 19.1 Å². The van der Waals surface area contributed by atoms with Gasteiger partial charge in [-0.15, -0.1) is 0 Å². The van der Waals surface area contributed by atoms with Gasteiger partial charge in [0, 0.05) is 16.3 Å². The highest BCUT2D eigenvalue weighted by molar-refractivity contribution is 6.30. The number of carbonyl (C=O) groups is 2. The van der Waals surface area contributed by atoms with E-state index in [-0.39, 0.29) is 18.9 Å². The zero-order valence-electron chi connectivity index (χ0n) is 15.5. The summed E-state index contributed by atoms with van der Waals surface area (Å²) in [5.41, 5.74) is 4.50. The number of benzene rings is 2. The van der Waals surface area contributed by atoms with E-state index in [0.717, 1.165) is 22.3 Å². The van der Waals surface area contributed by atoms with Crippen molar-refractivity contribution in [1.82, 2.24) is 0 Å². The van der Waals surface area contributed by atoms with Crippen molar-refractivity contribution >= 4 is 29.2 Å². The molecule has 2 aromatic carbocycles. The van der Waals surface area contributed by atoms with Gasteiger partial charge in [-0.3, -0.25) is 9.59 Å². The Morgan fingerprint density at radius 2 is 2.00 bits per heavy atom. The summed E-state index contributed by atoms with van der Waals surface area (Å²) in [4.78, 5) is 24.6. The minimum absolute atomic E-state index is 0.150. The monoisotopic (exact) mass is 387 g/mol. The van der Waals surface area contributed by atoms with Crippen LogP contribution in [0, 0.1) is 13.8 Å². The van der Waals surface area contributed by atoms with Gasteiger partial charge in [-0.1, -0.05) is 29.8 Å². The first-order chi connectivity index (χ1) is 12.9. The minimum atomic E-state index is -0.958. The molecule has 2 aromatic rings. The van der Waals surface area contributed by atoms with Crippen LogP contribution in [0.5, 0.6) is 0 Å². The van der Waals surface area contributed by atoms with Crippen molar-refractivity contribution in [2.45, 2.75) is 39.4 Å². The number of esters is 1. The lowest BCUT2D eigenvalue weighted by Gasteiger charge is -2.23. The molecule has 1 aliphatic rings. The van der Waals surface area contributed by atoms with E-state index in [4.69, 9.17) is 21.1 Å². The molecular formula is C21H22ClNO4. The molecule has 0 radical (unpaired) electrons. The van der Waals surface area contributed by atoms with Crippen LogP contribution in [0.2, 0.25) is 5.02 Å². The fraction of sp³-hybridized carbons (Fsp3) is 0.333. The molecule has 142 valence electrons. The molecule has 1 heterocycles. The van der Waals surface area contributed by atoms with Crippen molar-refractivity contribution in [3.63, 3.8) is 0 Å².